The van der Waals surface area contributed by atoms with Crippen molar-refractivity contribution in [2.45, 2.75) is 50.7 Å². The molecule has 2 aromatic rings. The maximum Gasteiger partial charge on any atom is 0.276 e. The van der Waals surface area contributed by atoms with Gasteiger partial charge in [-0.05, 0) is 37.0 Å². The summed E-state index contributed by atoms with van der Waals surface area (Å²) in [5.74, 6) is -2.47. The van der Waals surface area contributed by atoms with Gasteiger partial charge in [0.15, 0.2) is 17.7 Å². The number of pyridine rings is 1. The number of fused-ring (bicyclic) bond motifs is 5. The molecule has 1 saturated carbocycles. The molecule has 8 nitrogen and oxygen atoms in total. The van der Waals surface area contributed by atoms with Gasteiger partial charge in [0, 0.05) is 23.8 Å². The van der Waals surface area contributed by atoms with E-state index in [0.29, 0.717) is 5.56 Å². The first-order chi connectivity index (χ1) is 14.8. The first-order valence-corrected chi connectivity index (χ1v) is 10.4. The van der Waals surface area contributed by atoms with Gasteiger partial charge in [0.25, 0.3) is 11.8 Å². The molecule has 1 aromatic heterocycles. The lowest BCUT2D eigenvalue weighted by atomic mass is 10.1. The number of nitrogens with one attached hydrogen (secondary N) is 1. The molecule has 1 saturated heterocycles. The number of hydrogen-bond acceptors (Lipinski definition) is 5. The molecule has 3 aliphatic rings. The van der Waals surface area contributed by atoms with Gasteiger partial charge in [-0.1, -0.05) is 17.7 Å². The number of halogens is 2. The van der Waals surface area contributed by atoms with Crippen molar-refractivity contribution in [2.24, 2.45) is 0 Å². The Kier molecular flexibility index (Phi) is 4.75. The summed E-state index contributed by atoms with van der Waals surface area (Å²) in [5.41, 5.74) is -0.897. The van der Waals surface area contributed by atoms with E-state index in [0.717, 1.165) is 25.3 Å². The molecule has 31 heavy (non-hydrogen) atoms. The van der Waals surface area contributed by atoms with Crippen LogP contribution in [0.15, 0.2) is 29.2 Å². The number of nitrogens with zero attached hydrogens (tertiary/aromatic N) is 2. The first-order valence-electron chi connectivity index (χ1n) is 10.00. The number of aromatic nitrogens is 1. The summed E-state index contributed by atoms with van der Waals surface area (Å²) < 4.78 is 20.6. The summed E-state index contributed by atoms with van der Waals surface area (Å²) in [5, 5.41) is 13.2. The minimum absolute atomic E-state index is 0.0305. The largest absolute Gasteiger partial charge is 0.503 e. The number of ether oxygens (including phenoxy) is 1. The summed E-state index contributed by atoms with van der Waals surface area (Å²) in [7, 11) is 0. The molecular weight excluding hydrogens is 429 g/mol. The van der Waals surface area contributed by atoms with Crippen molar-refractivity contribution in [3.63, 3.8) is 0 Å². The van der Waals surface area contributed by atoms with E-state index >= 15 is 0 Å². The molecule has 2 fully saturated rings. The van der Waals surface area contributed by atoms with E-state index in [1.807, 2.05) is 0 Å². The number of carbonyl (C=O) groups is 2. The van der Waals surface area contributed by atoms with Gasteiger partial charge >= 0.3 is 0 Å². The third kappa shape index (κ3) is 3.28. The molecule has 1 aliphatic carbocycles. The SMILES string of the molecule is O=C(NCc1ccc(F)cc1Cl)c1cn2c(c(O)c1=O)C(=O)N1C3CC[C@@H](C3)O[C@@H]1C2. The molecule has 1 unspecified atom stereocenters. The van der Waals surface area contributed by atoms with Crippen molar-refractivity contribution in [3.8, 4) is 5.75 Å². The predicted octanol–water partition coefficient (Wildman–Crippen LogP) is 2.01. The fourth-order valence-electron chi connectivity index (χ4n) is 4.65. The standard InChI is InChI=1S/C21H19ClFN3O5/c22-15-5-11(23)2-1-10(15)7-24-20(29)14-8-25-9-16-26(12-3-4-13(6-12)31-16)21(30)17(25)19(28)18(14)27/h1-2,5,8,12-13,16,28H,3-4,6-7,9H2,(H,24,29)/t12?,13-,16+/m0/s1. The molecule has 1 aromatic carbocycles. The summed E-state index contributed by atoms with van der Waals surface area (Å²) in [4.78, 5) is 40.0. The van der Waals surface area contributed by atoms with Crippen LogP contribution in [0, 0.1) is 5.82 Å². The lowest BCUT2D eigenvalue weighted by Crippen LogP contribution is -2.57. The maximum atomic E-state index is 13.2. The van der Waals surface area contributed by atoms with E-state index in [4.69, 9.17) is 16.3 Å². The minimum atomic E-state index is -0.928. The second kappa shape index (κ2) is 7.35. The molecule has 0 radical (unpaired) electrons. The van der Waals surface area contributed by atoms with E-state index < -0.39 is 35.0 Å². The highest BCUT2D eigenvalue weighted by molar-refractivity contribution is 6.31. The van der Waals surface area contributed by atoms with Crippen molar-refractivity contribution >= 4 is 23.4 Å². The topological polar surface area (TPSA) is 101 Å². The number of rotatable bonds is 3. The van der Waals surface area contributed by atoms with Crippen LogP contribution in [0.4, 0.5) is 4.39 Å². The number of benzene rings is 1. The smallest absolute Gasteiger partial charge is 0.276 e. The molecule has 2 amide bonds. The van der Waals surface area contributed by atoms with Crippen molar-refractivity contribution in [2.75, 3.05) is 0 Å². The minimum Gasteiger partial charge on any atom is -0.503 e. The fourth-order valence-corrected chi connectivity index (χ4v) is 4.88. The molecule has 2 bridgehead atoms. The highest BCUT2D eigenvalue weighted by Gasteiger charge is 2.47. The van der Waals surface area contributed by atoms with E-state index in [9.17, 15) is 23.9 Å². The normalized spacial score (nSPS) is 24.0. The van der Waals surface area contributed by atoms with Crippen LogP contribution in [-0.4, -0.2) is 44.8 Å². The lowest BCUT2D eigenvalue weighted by Gasteiger charge is -2.44. The second-order valence-electron chi connectivity index (χ2n) is 8.03. The number of amides is 2. The van der Waals surface area contributed by atoms with Crippen LogP contribution in [0.3, 0.4) is 0 Å². The monoisotopic (exact) mass is 447 g/mol. The highest BCUT2D eigenvalue weighted by Crippen LogP contribution is 2.38. The van der Waals surface area contributed by atoms with Crippen molar-refractivity contribution in [3.05, 3.63) is 62.3 Å². The van der Waals surface area contributed by atoms with E-state index in [-0.39, 0.29) is 41.5 Å². The van der Waals surface area contributed by atoms with Crippen molar-refractivity contribution in [1.82, 2.24) is 14.8 Å². The summed E-state index contributed by atoms with van der Waals surface area (Å²) >= 11 is 5.97. The number of aromatic hydroxyl groups is 1. The van der Waals surface area contributed by atoms with Gasteiger partial charge in [-0.2, -0.15) is 0 Å². The Hall–Kier alpha value is -2.91. The van der Waals surface area contributed by atoms with Crippen LogP contribution in [0.25, 0.3) is 0 Å². The molecule has 2 N–H and O–H groups in total. The van der Waals surface area contributed by atoms with Crippen LogP contribution in [0.2, 0.25) is 5.02 Å². The third-order valence-electron chi connectivity index (χ3n) is 6.16. The molecule has 3 atom stereocenters. The van der Waals surface area contributed by atoms with E-state index in [2.05, 4.69) is 5.32 Å². The molecule has 10 heteroatoms. The Bertz CT molecular complexity index is 1170. The Morgan fingerprint density at radius 2 is 2.13 bits per heavy atom. The Labute approximate surface area is 181 Å². The van der Waals surface area contributed by atoms with Crippen LogP contribution < -0.4 is 10.7 Å². The van der Waals surface area contributed by atoms with E-state index in [1.54, 1.807) is 4.90 Å². The molecule has 0 spiro atoms. The Morgan fingerprint density at radius 1 is 1.32 bits per heavy atom. The fraction of sp³-hybridized carbons (Fsp3) is 0.381. The van der Waals surface area contributed by atoms with Gasteiger partial charge in [0.05, 0.1) is 12.6 Å². The van der Waals surface area contributed by atoms with Gasteiger partial charge in [0.2, 0.25) is 5.43 Å². The molecule has 2 aliphatic heterocycles. The number of hydrogen-bond donors (Lipinski definition) is 2. The van der Waals surface area contributed by atoms with E-state index in [1.165, 1.54) is 22.9 Å². The summed E-state index contributed by atoms with van der Waals surface area (Å²) in [6.45, 7) is 0.174. The predicted molar refractivity (Wildman–Crippen MR) is 107 cm³/mol. The lowest BCUT2D eigenvalue weighted by molar-refractivity contribution is -0.132. The van der Waals surface area contributed by atoms with Crippen LogP contribution in [0.5, 0.6) is 5.75 Å². The van der Waals surface area contributed by atoms with Gasteiger partial charge in [-0.15, -0.1) is 0 Å². The maximum absolute atomic E-state index is 13.2. The Balaban J connectivity index is 1.43. The summed E-state index contributed by atoms with van der Waals surface area (Å²) in [6, 6.07) is 3.79. The average molecular weight is 448 g/mol. The first kappa shape index (κ1) is 20.0. The zero-order chi connectivity index (χ0) is 21.9. The van der Waals surface area contributed by atoms with Crippen LogP contribution in [-0.2, 0) is 17.8 Å². The summed E-state index contributed by atoms with van der Waals surface area (Å²) in [6.07, 6.45) is 3.31. The van der Waals surface area contributed by atoms with Gasteiger partial charge in [-0.25, -0.2) is 4.39 Å². The third-order valence-corrected chi connectivity index (χ3v) is 6.51. The number of carbonyl (C=O) groups excluding carboxylic acids is 2. The molecular formula is C21H19ClFN3O5. The Morgan fingerprint density at radius 3 is 2.90 bits per heavy atom. The van der Waals surface area contributed by atoms with Crippen LogP contribution >= 0.6 is 11.6 Å². The molecule has 5 rings (SSSR count). The molecule has 162 valence electrons. The van der Waals surface area contributed by atoms with Crippen molar-refractivity contribution < 1.29 is 23.8 Å². The van der Waals surface area contributed by atoms with Gasteiger partial charge < -0.3 is 24.6 Å². The highest BCUT2D eigenvalue weighted by atomic mass is 35.5. The zero-order valence-electron chi connectivity index (χ0n) is 16.3. The van der Waals surface area contributed by atoms with Gasteiger partial charge in [0.1, 0.15) is 11.4 Å². The molecule has 3 heterocycles. The quantitative estimate of drug-likeness (QED) is 0.749. The van der Waals surface area contributed by atoms with Crippen LogP contribution in [0.1, 0.15) is 45.7 Å². The second-order valence-corrected chi connectivity index (χ2v) is 8.44. The zero-order valence-corrected chi connectivity index (χ0v) is 17.1. The van der Waals surface area contributed by atoms with Crippen molar-refractivity contribution in [1.29, 1.82) is 0 Å². The average Bonchev–Trinajstić information content (AvgIpc) is 3.10. The van der Waals surface area contributed by atoms with Gasteiger partial charge in [-0.3, -0.25) is 14.4 Å².